The average Bonchev–Trinajstić information content (AvgIpc) is 2.33. The van der Waals surface area contributed by atoms with Gasteiger partial charge in [0.2, 0.25) is 5.91 Å². The van der Waals surface area contributed by atoms with Gasteiger partial charge in [-0.15, -0.1) is 0 Å². The van der Waals surface area contributed by atoms with Crippen molar-refractivity contribution >= 4 is 15.7 Å². The predicted octanol–water partition coefficient (Wildman–Crippen LogP) is 0.831. The van der Waals surface area contributed by atoms with Crippen LogP contribution in [0.3, 0.4) is 0 Å². The number of sulfone groups is 1. The third-order valence-electron chi connectivity index (χ3n) is 2.91. The highest BCUT2D eigenvalue weighted by atomic mass is 32.2. The first-order valence-corrected chi connectivity index (χ1v) is 8.54. The van der Waals surface area contributed by atoms with E-state index in [2.05, 4.69) is 5.32 Å². The fourth-order valence-corrected chi connectivity index (χ4v) is 2.53. The Hall–Kier alpha value is -1.40. The van der Waals surface area contributed by atoms with Crippen LogP contribution in [0.5, 0.6) is 0 Å². The lowest BCUT2D eigenvalue weighted by molar-refractivity contribution is -0.123. The SMILES string of the molecule is CC(C)[C@H](N)C(=O)NCc1cccc(CS(C)(=O)=O)c1. The second-order valence-electron chi connectivity index (χ2n) is 5.38. The van der Waals surface area contributed by atoms with Gasteiger partial charge in [0, 0.05) is 12.8 Å². The standard InChI is InChI=1S/C14H22N2O3S/c1-10(2)13(15)14(17)16-8-11-5-4-6-12(7-11)9-20(3,18)19/h4-7,10,13H,8-9,15H2,1-3H3,(H,16,17)/t13-/m0/s1. The van der Waals surface area contributed by atoms with E-state index in [0.29, 0.717) is 12.1 Å². The van der Waals surface area contributed by atoms with Crippen LogP contribution in [0.25, 0.3) is 0 Å². The number of benzene rings is 1. The van der Waals surface area contributed by atoms with Crippen molar-refractivity contribution in [3.63, 3.8) is 0 Å². The molecule has 0 aliphatic carbocycles. The molecule has 0 heterocycles. The number of rotatable bonds is 6. The van der Waals surface area contributed by atoms with Crippen LogP contribution in [-0.4, -0.2) is 26.6 Å². The van der Waals surface area contributed by atoms with Crippen LogP contribution in [0, 0.1) is 5.92 Å². The molecular formula is C14H22N2O3S. The van der Waals surface area contributed by atoms with E-state index >= 15 is 0 Å². The largest absolute Gasteiger partial charge is 0.351 e. The van der Waals surface area contributed by atoms with Crippen molar-refractivity contribution in [1.82, 2.24) is 5.32 Å². The van der Waals surface area contributed by atoms with E-state index < -0.39 is 15.9 Å². The van der Waals surface area contributed by atoms with Gasteiger partial charge < -0.3 is 11.1 Å². The molecule has 0 saturated heterocycles. The van der Waals surface area contributed by atoms with Crippen LogP contribution in [0.1, 0.15) is 25.0 Å². The van der Waals surface area contributed by atoms with Crippen LogP contribution in [0.4, 0.5) is 0 Å². The van der Waals surface area contributed by atoms with Crippen LogP contribution < -0.4 is 11.1 Å². The van der Waals surface area contributed by atoms with Crippen molar-refractivity contribution in [2.45, 2.75) is 32.2 Å². The second kappa shape index (κ2) is 6.85. The molecule has 1 amide bonds. The van der Waals surface area contributed by atoms with Crippen molar-refractivity contribution < 1.29 is 13.2 Å². The van der Waals surface area contributed by atoms with Gasteiger partial charge in [-0.1, -0.05) is 38.1 Å². The summed E-state index contributed by atoms with van der Waals surface area (Å²) in [6, 6.07) is 6.63. The molecule has 5 nitrogen and oxygen atoms in total. The number of carbonyl (C=O) groups is 1. The van der Waals surface area contributed by atoms with Crippen molar-refractivity contribution in [3.05, 3.63) is 35.4 Å². The van der Waals surface area contributed by atoms with Crippen molar-refractivity contribution in [2.75, 3.05) is 6.26 Å². The maximum absolute atomic E-state index is 11.7. The summed E-state index contributed by atoms with van der Waals surface area (Å²) in [6.07, 6.45) is 1.20. The van der Waals surface area contributed by atoms with Crippen LogP contribution in [0.2, 0.25) is 0 Å². The number of nitrogens with two attached hydrogens (primary N) is 1. The molecule has 0 aliphatic heterocycles. The maximum atomic E-state index is 11.7. The molecule has 0 aromatic heterocycles. The third kappa shape index (κ3) is 5.71. The van der Waals surface area contributed by atoms with E-state index in [1.807, 2.05) is 19.9 Å². The lowest BCUT2D eigenvalue weighted by Crippen LogP contribution is -2.43. The van der Waals surface area contributed by atoms with E-state index in [0.717, 1.165) is 5.56 Å². The molecule has 0 aliphatic rings. The Kier molecular flexibility index (Phi) is 5.71. The van der Waals surface area contributed by atoms with Gasteiger partial charge in [-0.3, -0.25) is 4.79 Å². The quantitative estimate of drug-likeness (QED) is 0.814. The lowest BCUT2D eigenvalue weighted by atomic mass is 10.0. The topological polar surface area (TPSA) is 89.3 Å². The summed E-state index contributed by atoms with van der Waals surface area (Å²) >= 11 is 0. The molecule has 1 atom stereocenters. The molecule has 0 spiro atoms. The Morgan fingerprint density at radius 1 is 1.30 bits per heavy atom. The summed E-state index contributed by atoms with van der Waals surface area (Å²) in [5.41, 5.74) is 7.32. The average molecular weight is 298 g/mol. The number of hydrogen-bond donors (Lipinski definition) is 2. The number of carbonyl (C=O) groups excluding carboxylic acids is 1. The Morgan fingerprint density at radius 3 is 2.45 bits per heavy atom. The van der Waals surface area contributed by atoms with Crippen LogP contribution in [-0.2, 0) is 26.9 Å². The first kappa shape index (κ1) is 16.7. The Bertz CT molecular complexity index is 568. The van der Waals surface area contributed by atoms with Crippen molar-refractivity contribution in [3.8, 4) is 0 Å². The van der Waals surface area contributed by atoms with E-state index in [9.17, 15) is 13.2 Å². The summed E-state index contributed by atoms with van der Waals surface area (Å²) in [6.45, 7) is 4.12. The highest BCUT2D eigenvalue weighted by Crippen LogP contribution is 2.09. The van der Waals surface area contributed by atoms with E-state index in [-0.39, 0.29) is 17.6 Å². The highest BCUT2D eigenvalue weighted by molar-refractivity contribution is 7.89. The predicted molar refractivity (Wildman–Crippen MR) is 79.6 cm³/mol. The van der Waals surface area contributed by atoms with E-state index in [4.69, 9.17) is 5.73 Å². The maximum Gasteiger partial charge on any atom is 0.237 e. The third-order valence-corrected chi connectivity index (χ3v) is 3.77. The minimum Gasteiger partial charge on any atom is -0.351 e. The van der Waals surface area contributed by atoms with Gasteiger partial charge in [0.15, 0.2) is 9.84 Å². The van der Waals surface area contributed by atoms with Gasteiger partial charge in [-0.25, -0.2) is 8.42 Å². The summed E-state index contributed by atoms with van der Waals surface area (Å²) in [5, 5.41) is 2.76. The summed E-state index contributed by atoms with van der Waals surface area (Å²) in [5.74, 6) is -0.125. The van der Waals surface area contributed by atoms with E-state index in [1.54, 1.807) is 18.2 Å². The molecule has 1 aromatic carbocycles. The first-order chi connectivity index (χ1) is 9.19. The second-order valence-corrected chi connectivity index (χ2v) is 7.52. The van der Waals surface area contributed by atoms with Gasteiger partial charge in [-0.05, 0) is 17.0 Å². The molecule has 1 rings (SSSR count). The van der Waals surface area contributed by atoms with E-state index in [1.165, 1.54) is 6.26 Å². The van der Waals surface area contributed by atoms with Crippen LogP contribution >= 0.6 is 0 Å². The Morgan fingerprint density at radius 2 is 1.90 bits per heavy atom. The van der Waals surface area contributed by atoms with Crippen molar-refractivity contribution in [1.29, 1.82) is 0 Å². The monoisotopic (exact) mass is 298 g/mol. The fraction of sp³-hybridized carbons (Fsp3) is 0.500. The normalized spacial score (nSPS) is 13.2. The molecule has 0 fully saturated rings. The smallest absolute Gasteiger partial charge is 0.237 e. The minimum atomic E-state index is -3.06. The van der Waals surface area contributed by atoms with Gasteiger partial charge in [0.1, 0.15) is 0 Å². The van der Waals surface area contributed by atoms with Gasteiger partial charge >= 0.3 is 0 Å². The number of hydrogen-bond acceptors (Lipinski definition) is 4. The molecule has 20 heavy (non-hydrogen) atoms. The molecule has 0 unspecified atom stereocenters. The van der Waals surface area contributed by atoms with Crippen LogP contribution in [0.15, 0.2) is 24.3 Å². The molecule has 112 valence electrons. The highest BCUT2D eigenvalue weighted by Gasteiger charge is 2.16. The fourth-order valence-electron chi connectivity index (χ4n) is 1.74. The Labute approximate surface area is 120 Å². The molecule has 0 saturated carbocycles. The van der Waals surface area contributed by atoms with Gasteiger partial charge in [0.25, 0.3) is 0 Å². The molecule has 0 bridgehead atoms. The molecule has 1 aromatic rings. The zero-order chi connectivity index (χ0) is 15.3. The zero-order valence-corrected chi connectivity index (χ0v) is 12.9. The van der Waals surface area contributed by atoms with Gasteiger partial charge in [0.05, 0.1) is 11.8 Å². The molecular weight excluding hydrogens is 276 g/mol. The number of nitrogens with one attached hydrogen (secondary N) is 1. The molecule has 6 heteroatoms. The summed E-state index contributed by atoms with van der Waals surface area (Å²) in [4.78, 5) is 11.7. The summed E-state index contributed by atoms with van der Waals surface area (Å²) < 4.78 is 22.5. The lowest BCUT2D eigenvalue weighted by Gasteiger charge is -2.15. The first-order valence-electron chi connectivity index (χ1n) is 6.48. The summed E-state index contributed by atoms with van der Waals surface area (Å²) in [7, 11) is -3.06. The van der Waals surface area contributed by atoms with Crippen molar-refractivity contribution in [2.24, 2.45) is 11.7 Å². The number of amides is 1. The molecule has 0 radical (unpaired) electrons. The molecule has 3 N–H and O–H groups in total. The Balaban J connectivity index is 2.65. The van der Waals surface area contributed by atoms with Gasteiger partial charge in [-0.2, -0.15) is 0 Å². The minimum absolute atomic E-state index is 0.000292. The zero-order valence-electron chi connectivity index (χ0n) is 12.1.